The lowest BCUT2D eigenvalue weighted by Crippen LogP contribution is -2.60. The lowest BCUT2D eigenvalue weighted by Gasteiger charge is -2.46. The minimum atomic E-state index is -0.724. The number of halogens is 1. The first-order valence-electron chi connectivity index (χ1n) is 12.2. The fourth-order valence-corrected chi connectivity index (χ4v) is 7.23. The lowest BCUT2D eigenvalue weighted by atomic mass is 9.85. The third-order valence-electron chi connectivity index (χ3n) is 8.80. The fourth-order valence-electron chi connectivity index (χ4n) is 7.23. The van der Waals surface area contributed by atoms with Gasteiger partial charge in [0.2, 0.25) is 11.8 Å². The first-order chi connectivity index (χ1) is 15.9. The fraction of sp³-hybridized carbons (Fsp3) is 0.640. The Morgan fingerprint density at radius 2 is 1.94 bits per heavy atom. The van der Waals surface area contributed by atoms with Crippen molar-refractivity contribution in [2.24, 2.45) is 11.7 Å². The Hall–Kier alpha value is -2.50. The minimum absolute atomic E-state index is 0.0828. The topological polar surface area (TPSA) is 93.7 Å². The maximum absolute atomic E-state index is 13.6. The van der Waals surface area contributed by atoms with Crippen LogP contribution in [-0.4, -0.2) is 69.8 Å². The SMILES string of the molecule is N#C[C@@H]1C[C@@H]2CC2N1C(=O)[C@@H](N)CN1C[C@@H]2C[C@H]1C(=O)N2C1(c2ccc(F)cc2)CCCC1. The van der Waals surface area contributed by atoms with Gasteiger partial charge in [0, 0.05) is 25.2 Å². The average Bonchev–Trinajstić information content (AvgIpc) is 3.20. The van der Waals surface area contributed by atoms with Gasteiger partial charge in [-0.2, -0.15) is 5.26 Å². The molecule has 5 aliphatic rings. The largest absolute Gasteiger partial charge is 0.327 e. The number of amides is 2. The molecule has 3 aliphatic heterocycles. The number of piperazine rings is 1. The number of hydrogen-bond acceptors (Lipinski definition) is 5. The molecule has 2 bridgehead atoms. The Morgan fingerprint density at radius 1 is 1.21 bits per heavy atom. The monoisotopic (exact) mass is 451 g/mol. The van der Waals surface area contributed by atoms with Gasteiger partial charge < -0.3 is 15.5 Å². The van der Waals surface area contributed by atoms with Crippen LogP contribution in [0.2, 0.25) is 0 Å². The molecule has 7 nitrogen and oxygen atoms in total. The van der Waals surface area contributed by atoms with Crippen molar-refractivity contribution in [1.82, 2.24) is 14.7 Å². The molecule has 1 aromatic carbocycles. The number of likely N-dealkylation sites (tertiary alicyclic amines) is 3. The maximum atomic E-state index is 13.6. The van der Waals surface area contributed by atoms with Crippen LogP contribution >= 0.6 is 0 Å². The van der Waals surface area contributed by atoms with Crippen molar-refractivity contribution >= 4 is 11.8 Å². The molecule has 2 aliphatic carbocycles. The van der Waals surface area contributed by atoms with Gasteiger partial charge >= 0.3 is 0 Å². The molecule has 0 radical (unpaired) electrons. The van der Waals surface area contributed by atoms with Crippen molar-refractivity contribution in [3.05, 3.63) is 35.6 Å². The molecule has 8 heteroatoms. The molecule has 0 aromatic heterocycles. The van der Waals surface area contributed by atoms with Gasteiger partial charge in [-0.25, -0.2) is 4.39 Å². The molecule has 2 saturated carbocycles. The van der Waals surface area contributed by atoms with Gasteiger partial charge in [-0.3, -0.25) is 14.5 Å². The highest BCUT2D eigenvalue weighted by atomic mass is 19.1. The van der Waals surface area contributed by atoms with Crippen LogP contribution in [0.4, 0.5) is 4.39 Å². The normalized spacial score (nSPS) is 35.1. The van der Waals surface area contributed by atoms with Crippen LogP contribution in [0.15, 0.2) is 24.3 Å². The Kier molecular flexibility index (Phi) is 4.79. The van der Waals surface area contributed by atoms with Crippen molar-refractivity contribution in [3.8, 4) is 6.07 Å². The van der Waals surface area contributed by atoms with E-state index < -0.39 is 6.04 Å². The summed E-state index contributed by atoms with van der Waals surface area (Å²) in [6, 6.07) is 7.81. The number of piperidine rings is 1. The van der Waals surface area contributed by atoms with Crippen LogP contribution in [0.3, 0.4) is 0 Å². The highest BCUT2D eigenvalue weighted by Crippen LogP contribution is 2.50. The summed E-state index contributed by atoms with van der Waals surface area (Å²) < 4.78 is 13.6. The summed E-state index contributed by atoms with van der Waals surface area (Å²) >= 11 is 0. The molecule has 6 rings (SSSR count). The molecule has 3 saturated heterocycles. The van der Waals surface area contributed by atoms with E-state index in [-0.39, 0.29) is 47.3 Å². The number of nitriles is 1. The van der Waals surface area contributed by atoms with E-state index in [0.29, 0.717) is 19.0 Å². The van der Waals surface area contributed by atoms with Crippen LogP contribution in [0, 0.1) is 23.1 Å². The van der Waals surface area contributed by atoms with Crippen LogP contribution in [0.25, 0.3) is 0 Å². The van der Waals surface area contributed by atoms with Crippen molar-refractivity contribution in [2.75, 3.05) is 13.1 Å². The second kappa shape index (κ2) is 7.51. The summed E-state index contributed by atoms with van der Waals surface area (Å²) in [6.45, 7) is 1.04. The first-order valence-corrected chi connectivity index (χ1v) is 12.2. The molecule has 1 aromatic rings. The Morgan fingerprint density at radius 3 is 2.61 bits per heavy atom. The number of hydrogen-bond donors (Lipinski definition) is 1. The molecule has 174 valence electrons. The predicted octanol–water partition coefficient (Wildman–Crippen LogP) is 1.72. The van der Waals surface area contributed by atoms with Crippen LogP contribution in [0.1, 0.15) is 50.5 Å². The van der Waals surface area contributed by atoms with E-state index in [0.717, 1.165) is 50.5 Å². The Labute approximate surface area is 193 Å². The van der Waals surface area contributed by atoms with E-state index in [2.05, 4.69) is 15.9 Å². The minimum Gasteiger partial charge on any atom is -0.327 e. The van der Waals surface area contributed by atoms with Crippen molar-refractivity contribution < 1.29 is 14.0 Å². The molecule has 6 atom stereocenters. The van der Waals surface area contributed by atoms with E-state index in [1.807, 2.05) is 12.1 Å². The van der Waals surface area contributed by atoms with E-state index in [1.165, 1.54) is 12.1 Å². The third-order valence-corrected chi connectivity index (χ3v) is 8.80. The Bertz CT molecular complexity index is 1020. The van der Waals surface area contributed by atoms with Gasteiger partial charge in [0.15, 0.2) is 0 Å². The standard InChI is InChI=1S/C25H30FN5O2/c26-17-5-3-16(4-6-17)25(7-1-2-8-25)31-19-11-22(24(31)33)29(13-19)14-20(28)23(32)30-18(12-27)9-15-10-21(15)30/h3-6,15,18-22H,1-2,7-11,13-14,28H2/t15-,18+,19+,20+,21?,22+/m1/s1. The van der Waals surface area contributed by atoms with Crippen LogP contribution in [-0.2, 0) is 15.1 Å². The average molecular weight is 452 g/mol. The molecule has 5 fully saturated rings. The smallest absolute Gasteiger partial charge is 0.242 e. The summed E-state index contributed by atoms with van der Waals surface area (Å²) in [6.07, 6.45) is 6.39. The Balaban J connectivity index is 1.17. The number of nitrogens with zero attached hydrogens (tertiary/aromatic N) is 4. The van der Waals surface area contributed by atoms with E-state index >= 15 is 0 Å². The molecule has 3 heterocycles. The molecule has 2 N–H and O–H groups in total. The van der Waals surface area contributed by atoms with Crippen molar-refractivity contribution in [2.45, 2.75) is 80.7 Å². The molecule has 33 heavy (non-hydrogen) atoms. The summed E-state index contributed by atoms with van der Waals surface area (Å²) in [7, 11) is 0. The summed E-state index contributed by atoms with van der Waals surface area (Å²) in [5.41, 5.74) is 7.01. The summed E-state index contributed by atoms with van der Waals surface area (Å²) in [5, 5.41) is 9.41. The van der Waals surface area contributed by atoms with E-state index in [4.69, 9.17) is 5.73 Å². The zero-order valence-electron chi connectivity index (χ0n) is 18.7. The van der Waals surface area contributed by atoms with Crippen LogP contribution < -0.4 is 5.73 Å². The van der Waals surface area contributed by atoms with Crippen molar-refractivity contribution in [3.63, 3.8) is 0 Å². The maximum Gasteiger partial charge on any atom is 0.242 e. The van der Waals surface area contributed by atoms with Crippen LogP contribution in [0.5, 0.6) is 0 Å². The highest BCUT2D eigenvalue weighted by Gasteiger charge is 2.58. The van der Waals surface area contributed by atoms with Gasteiger partial charge in [0.05, 0.1) is 23.7 Å². The zero-order chi connectivity index (χ0) is 22.9. The summed E-state index contributed by atoms with van der Waals surface area (Å²) in [5.74, 6) is 0.144. The number of nitrogens with two attached hydrogens (primary N) is 1. The molecular formula is C25H30FN5O2. The molecule has 0 spiro atoms. The van der Waals surface area contributed by atoms with Gasteiger partial charge in [-0.1, -0.05) is 25.0 Å². The molecule has 2 amide bonds. The number of carbonyl (C=O) groups is 2. The lowest BCUT2D eigenvalue weighted by molar-refractivity contribution is -0.146. The van der Waals surface area contributed by atoms with Gasteiger partial charge in [-0.05, 0) is 55.7 Å². The second-order valence-electron chi connectivity index (χ2n) is 10.6. The van der Waals surface area contributed by atoms with Gasteiger partial charge in [0.1, 0.15) is 11.9 Å². The second-order valence-corrected chi connectivity index (χ2v) is 10.6. The number of carbonyl (C=O) groups excluding carboxylic acids is 2. The summed E-state index contributed by atoms with van der Waals surface area (Å²) in [4.78, 5) is 32.5. The zero-order valence-corrected chi connectivity index (χ0v) is 18.7. The number of rotatable bonds is 5. The third kappa shape index (κ3) is 3.12. The first kappa shape index (κ1) is 21.1. The van der Waals surface area contributed by atoms with Crippen molar-refractivity contribution in [1.29, 1.82) is 5.26 Å². The number of benzene rings is 1. The quantitative estimate of drug-likeness (QED) is 0.736. The van der Waals surface area contributed by atoms with E-state index in [9.17, 15) is 19.2 Å². The predicted molar refractivity (Wildman–Crippen MR) is 118 cm³/mol. The van der Waals surface area contributed by atoms with E-state index in [1.54, 1.807) is 4.90 Å². The number of fused-ring (bicyclic) bond motifs is 3. The van der Waals surface area contributed by atoms with Gasteiger partial charge in [-0.15, -0.1) is 0 Å². The molecule has 1 unspecified atom stereocenters. The highest BCUT2D eigenvalue weighted by molar-refractivity contribution is 5.87. The molecular weight excluding hydrogens is 421 g/mol. The van der Waals surface area contributed by atoms with Gasteiger partial charge in [0.25, 0.3) is 0 Å².